The van der Waals surface area contributed by atoms with Crippen LogP contribution in [0, 0.1) is 0 Å². The van der Waals surface area contributed by atoms with Crippen molar-refractivity contribution in [1.82, 2.24) is 0 Å². The van der Waals surface area contributed by atoms with Crippen LogP contribution >= 0.6 is 0 Å². The van der Waals surface area contributed by atoms with Gasteiger partial charge in [0.25, 0.3) is 5.54 Å². The highest BCUT2D eigenvalue weighted by Gasteiger charge is 2.56. The Kier molecular flexibility index (Phi) is 2.79. The predicted molar refractivity (Wildman–Crippen MR) is 50.8 cm³/mol. The topological polar surface area (TPSA) is 99.3 Å². The van der Waals surface area contributed by atoms with Crippen LogP contribution in [-0.2, 0) is 9.59 Å². The van der Waals surface area contributed by atoms with Gasteiger partial charge < -0.3 is 10.2 Å². The molecule has 6 nitrogen and oxygen atoms in total. The fourth-order valence-electron chi connectivity index (χ4n) is 1.71. The molecule has 15 heavy (non-hydrogen) atoms. The Hall–Kier alpha value is -1.46. The van der Waals surface area contributed by atoms with E-state index in [0.29, 0.717) is 12.8 Å². The lowest BCUT2D eigenvalue weighted by atomic mass is 9.81. The van der Waals surface area contributed by atoms with Gasteiger partial charge in [-0.1, -0.05) is 13.8 Å². The number of carboxylic acids is 2. The van der Waals surface area contributed by atoms with Crippen LogP contribution in [0.2, 0.25) is 0 Å². The van der Waals surface area contributed by atoms with Gasteiger partial charge in [-0.15, -0.1) is 0 Å². The smallest absolute Gasteiger partial charge is 0.345 e. The monoisotopic (exact) mass is 214 g/mol. The van der Waals surface area contributed by atoms with Crippen LogP contribution in [0.25, 0.3) is 0 Å². The molecule has 2 N–H and O–H groups in total. The van der Waals surface area contributed by atoms with E-state index in [9.17, 15) is 9.59 Å². The molecule has 84 valence electrons. The Labute approximate surface area is 87.0 Å². The van der Waals surface area contributed by atoms with Gasteiger partial charge in [0.15, 0.2) is 0 Å². The maximum absolute atomic E-state index is 11.0. The molecule has 0 aromatic heterocycles. The zero-order chi connectivity index (χ0) is 11.7. The second-order valence-corrected chi connectivity index (χ2v) is 3.78. The SMILES string of the molecule is CCC1(CC)CC(C(=O)O)(C(=O)O)N=N1. The van der Waals surface area contributed by atoms with Crippen molar-refractivity contribution in [3.63, 3.8) is 0 Å². The van der Waals surface area contributed by atoms with Gasteiger partial charge in [-0.05, 0) is 12.8 Å². The summed E-state index contributed by atoms with van der Waals surface area (Å²) in [7, 11) is 0. The minimum atomic E-state index is -2.08. The van der Waals surface area contributed by atoms with Gasteiger partial charge in [0.2, 0.25) is 0 Å². The Bertz CT molecular complexity index is 306. The largest absolute Gasteiger partial charge is 0.479 e. The van der Waals surface area contributed by atoms with E-state index in [4.69, 9.17) is 10.2 Å². The summed E-state index contributed by atoms with van der Waals surface area (Å²) in [6.45, 7) is 3.70. The molecule has 0 unspecified atom stereocenters. The minimum Gasteiger partial charge on any atom is -0.479 e. The van der Waals surface area contributed by atoms with Crippen molar-refractivity contribution in [2.75, 3.05) is 0 Å². The summed E-state index contributed by atoms with van der Waals surface area (Å²) >= 11 is 0. The number of nitrogens with zero attached hydrogens (tertiary/aromatic N) is 2. The van der Waals surface area contributed by atoms with Gasteiger partial charge in [0, 0.05) is 6.42 Å². The lowest BCUT2D eigenvalue weighted by molar-refractivity contribution is -0.156. The summed E-state index contributed by atoms with van der Waals surface area (Å²) in [6, 6.07) is 0. The quantitative estimate of drug-likeness (QED) is 0.689. The fraction of sp³-hybridized carbons (Fsp3) is 0.778. The number of aliphatic carboxylic acids is 2. The molecular weight excluding hydrogens is 200 g/mol. The zero-order valence-electron chi connectivity index (χ0n) is 8.73. The summed E-state index contributed by atoms with van der Waals surface area (Å²) in [5.41, 5.74) is -2.71. The minimum absolute atomic E-state index is 0.0579. The van der Waals surface area contributed by atoms with Crippen molar-refractivity contribution in [3.05, 3.63) is 0 Å². The van der Waals surface area contributed by atoms with Crippen molar-refractivity contribution in [1.29, 1.82) is 0 Å². The van der Waals surface area contributed by atoms with Gasteiger partial charge in [-0.25, -0.2) is 9.59 Å². The van der Waals surface area contributed by atoms with Crippen molar-refractivity contribution in [2.24, 2.45) is 10.2 Å². The highest BCUT2D eigenvalue weighted by molar-refractivity contribution is 6.03. The molecule has 0 spiro atoms. The highest BCUT2D eigenvalue weighted by atomic mass is 16.4. The van der Waals surface area contributed by atoms with Crippen molar-refractivity contribution in [3.8, 4) is 0 Å². The van der Waals surface area contributed by atoms with Crippen LogP contribution in [0.3, 0.4) is 0 Å². The molecule has 1 heterocycles. The molecule has 0 saturated carbocycles. The molecule has 0 saturated heterocycles. The number of rotatable bonds is 4. The summed E-state index contributed by atoms with van der Waals surface area (Å²) in [6.07, 6.45) is 1.13. The van der Waals surface area contributed by atoms with Crippen molar-refractivity contribution in [2.45, 2.75) is 44.2 Å². The first-order chi connectivity index (χ1) is 6.92. The Morgan fingerprint density at radius 2 is 1.60 bits per heavy atom. The van der Waals surface area contributed by atoms with Crippen molar-refractivity contribution < 1.29 is 19.8 Å². The third-order valence-electron chi connectivity index (χ3n) is 3.04. The molecule has 6 heteroatoms. The number of azo groups is 1. The normalized spacial score (nSPS) is 21.5. The molecule has 0 aliphatic carbocycles. The Balaban J connectivity index is 3.07. The number of carbonyl (C=O) groups is 2. The summed E-state index contributed by atoms with van der Waals surface area (Å²) in [5, 5.41) is 25.2. The number of hydrogen-bond donors (Lipinski definition) is 2. The third-order valence-corrected chi connectivity index (χ3v) is 3.04. The second-order valence-electron chi connectivity index (χ2n) is 3.78. The Morgan fingerprint density at radius 3 is 1.80 bits per heavy atom. The Morgan fingerprint density at radius 1 is 1.13 bits per heavy atom. The van der Waals surface area contributed by atoms with Crippen LogP contribution in [0.1, 0.15) is 33.1 Å². The van der Waals surface area contributed by atoms with Crippen LogP contribution in [0.5, 0.6) is 0 Å². The lowest BCUT2D eigenvalue weighted by Crippen LogP contribution is -2.46. The molecule has 0 radical (unpaired) electrons. The third kappa shape index (κ3) is 1.60. The summed E-state index contributed by atoms with van der Waals surface area (Å²) in [5.74, 6) is -2.88. The molecule has 0 atom stereocenters. The van der Waals surface area contributed by atoms with Crippen LogP contribution in [-0.4, -0.2) is 33.2 Å². The van der Waals surface area contributed by atoms with E-state index in [0.717, 1.165) is 0 Å². The maximum atomic E-state index is 11.0. The second kappa shape index (κ2) is 3.60. The van der Waals surface area contributed by atoms with E-state index < -0.39 is 23.0 Å². The van der Waals surface area contributed by atoms with Gasteiger partial charge in [-0.3, -0.25) is 0 Å². The van der Waals surface area contributed by atoms with Gasteiger partial charge in [0.1, 0.15) is 0 Å². The van der Waals surface area contributed by atoms with Crippen LogP contribution < -0.4 is 0 Å². The predicted octanol–water partition coefficient (Wildman–Crippen LogP) is 1.31. The molecule has 0 amide bonds. The average Bonchev–Trinajstić information content (AvgIpc) is 2.59. The van der Waals surface area contributed by atoms with Gasteiger partial charge in [-0.2, -0.15) is 10.2 Å². The standard InChI is InChI=1S/C9H14N2O4/c1-3-8(4-2)5-9(6(12)13,7(14)15)11-10-8/h3-5H2,1-2H3,(H,12,13)(H,14,15). The molecule has 1 aliphatic rings. The fourth-order valence-corrected chi connectivity index (χ4v) is 1.71. The van der Waals surface area contributed by atoms with Crippen LogP contribution in [0.15, 0.2) is 10.2 Å². The molecule has 0 aromatic carbocycles. The summed E-state index contributed by atoms with van der Waals surface area (Å²) < 4.78 is 0. The lowest BCUT2D eigenvalue weighted by Gasteiger charge is -2.23. The summed E-state index contributed by atoms with van der Waals surface area (Å²) in [4.78, 5) is 21.9. The van der Waals surface area contributed by atoms with E-state index in [1.165, 1.54) is 0 Å². The molecule has 0 aromatic rings. The van der Waals surface area contributed by atoms with Crippen molar-refractivity contribution >= 4 is 11.9 Å². The molecule has 0 fully saturated rings. The van der Waals surface area contributed by atoms with E-state index >= 15 is 0 Å². The first-order valence-electron chi connectivity index (χ1n) is 4.83. The molecule has 1 aliphatic heterocycles. The number of hydrogen-bond acceptors (Lipinski definition) is 4. The van der Waals surface area contributed by atoms with Gasteiger partial charge >= 0.3 is 11.9 Å². The first-order valence-corrected chi connectivity index (χ1v) is 4.83. The molecule has 0 bridgehead atoms. The molecule has 1 rings (SSSR count). The molecular formula is C9H14N2O4. The van der Waals surface area contributed by atoms with E-state index in [1.54, 1.807) is 0 Å². The van der Waals surface area contributed by atoms with E-state index in [1.807, 2.05) is 13.8 Å². The highest BCUT2D eigenvalue weighted by Crippen LogP contribution is 2.40. The average molecular weight is 214 g/mol. The zero-order valence-corrected chi connectivity index (χ0v) is 8.73. The van der Waals surface area contributed by atoms with Gasteiger partial charge in [0.05, 0.1) is 5.54 Å². The van der Waals surface area contributed by atoms with E-state index in [-0.39, 0.29) is 6.42 Å². The van der Waals surface area contributed by atoms with E-state index in [2.05, 4.69) is 10.2 Å². The number of carboxylic acid groups (broad SMARTS) is 2. The maximum Gasteiger partial charge on any atom is 0.345 e. The van der Waals surface area contributed by atoms with Crippen LogP contribution in [0.4, 0.5) is 0 Å². The first kappa shape index (κ1) is 11.6.